The zero-order chi connectivity index (χ0) is 5.98. The summed E-state index contributed by atoms with van der Waals surface area (Å²) in [6.07, 6.45) is 0. The van der Waals surface area contributed by atoms with Gasteiger partial charge in [0.25, 0.3) is 0 Å². The standard InChI is InChI=1S/C6H5OS/c7-5-2-1-3-6(8)4-5/h1-4,8H. The molecular weight excluding hydrogens is 120 g/mol. The minimum atomic E-state index is 0.0116. The van der Waals surface area contributed by atoms with E-state index in [9.17, 15) is 5.11 Å². The Morgan fingerprint density at radius 1 is 1.38 bits per heavy atom. The zero-order valence-corrected chi connectivity index (χ0v) is 5.06. The molecule has 1 aromatic carbocycles. The van der Waals surface area contributed by atoms with Crippen LogP contribution >= 0.6 is 12.6 Å². The smallest absolute Gasteiger partial charge is 0.179 e. The molecule has 0 heterocycles. The quantitative estimate of drug-likeness (QED) is 0.512. The van der Waals surface area contributed by atoms with Gasteiger partial charge in [0.1, 0.15) is 0 Å². The highest BCUT2D eigenvalue weighted by atomic mass is 32.1. The summed E-state index contributed by atoms with van der Waals surface area (Å²) in [5.41, 5.74) is 0. The van der Waals surface area contributed by atoms with Gasteiger partial charge in [-0.2, -0.15) is 0 Å². The van der Waals surface area contributed by atoms with E-state index in [0.717, 1.165) is 4.90 Å². The molecule has 41 valence electrons. The van der Waals surface area contributed by atoms with Crippen LogP contribution in [0.4, 0.5) is 0 Å². The second-order valence-corrected chi connectivity index (χ2v) is 2.01. The second kappa shape index (κ2) is 2.09. The van der Waals surface area contributed by atoms with Crippen molar-refractivity contribution in [2.24, 2.45) is 0 Å². The number of rotatable bonds is 0. The van der Waals surface area contributed by atoms with Gasteiger partial charge < -0.3 is 0 Å². The van der Waals surface area contributed by atoms with E-state index in [2.05, 4.69) is 12.6 Å². The Labute approximate surface area is 53.4 Å². The van der Waals surface area contributed by atoms with E-state index in [-0.39, 0.29) is 5.75 Å². The monoisotopic (exact) mass is 125 g/mol. The van der Waals surface area contributed by atoms with Crippen LogP contribution in [0.5, 0.6) is 5.75 Å². The summed E-state index contributed by atoms with van der Waals surface area (Å²) in [7, 11) is 0. The van der Waals surface area contributed by atoms with Gasteiger partial charge in [0.2, 0.25) is 0 Å². The van der Waals surface area contributed by atoms with Crippen molar-refractivity contribution in [2.75, 3.05) is 0 Å². The van der Waals surface area contributed by atoms with Gasteiger partial charge in [-0.25, -0.2) is 0 Å². The van der Waals surface area contributed by atoms with Gasteiger partial charge in [-0.3, -0.25) is 5.11 Å². The Hall–Kier alpha value is -0.630. The molecule has 2 heteroatoms. The van der Waals surface area contributed by atoms with Crippen LogP contribution in [0, 0.1) is 0 Å². The lowest BCUT2D eigenvalue weighted by Crippen LogP contribution is -1.61. The summed E-state index contributed by atoms with van der Waals surface area (Å²) in [6.45, 7) is 0. The van der Waals surface area contributed by atoms with Crippen molar-refractivity contribution >= 4 is 12.6 Å². The summed E-state index contributed by atoms with van der Waals surface area (Å²) in [6, 6.07) is 6.43. The highest BCUT2D eigenvalue weighted by molar-refractivity contribution is 7.80. The van der Waals surface area contributed by atoms with Crippen molar-refractivity contribution in [1.82, 2.24) is 0 Å². The number of thiol groups is 1. The first-order valence-corrected chi connectivity index (χ1v) is 2.70. The van der Waals surface area contributed by atoms with Gasteiger partial charge in [-0.15, -0.1) is 12.6 Å². The molecule has 1 radical (unpaired) electrons. The molecule has 0 aliphatic rings. The van der Waals surface area contributed by atoms with Crippen LogP contribution in [0.25, 0.3) is 0 Å². The fraction of sp³-hybridized carbons (Fsp3) is 0. The molecule has 0 fully saturated rings. The lowest BCUT2D eigenvalue weighted by atomic mass is 10.3. The molecule has 0 N–H and O–H groups in total. The lowest BCUT2D eigenvalue weighted by molar-refractivity contribution is 0.354. The summed E-state index contributed by atoms with van der Waals surface area (Å²) < 4.78 is 0. The Bertz CT molecular complexity index is 168. The molecular formula is C6H5OS. The highest BCUT2D eigenvalue weighted by Gasteiger charge is 1.86. The van der Waals surface area contributed by atoms with Crippen molar-refractivity contribution in [3.63, 3.8) is 0 Å². The third-order valence-electron chi connectivity index (χ3n) is 0.818. The van der Waals surface area contributed by atoms with Crippen molar-refractivity contribution in [2.45, 2.75) is 4.90 Å². The molecule has 0 aliphatic heterocycles. The first-order valence-electron chi connectivity index (χ1n) is 2.25. The fourth-order valence-corrected chi connectivity index (χ4v) is 0.697. The van der Waals surface area contributed by atoms with E-state index < -0.39 is 0 Å². The first kappa shape index (κ1) is 5.51. The first-order chi connectivity index (χ1) is 3.79. The van der Waals surface area contributed by atoms with Gasteiger partial charge in [-0.05, 0) is 18.2 Å². The molecule has 1 rings (SSSR count). The fourth-order valence-electron chi connectivity index (χ4n) is 0.484. The SMILES string of the molecule is [O]c1cccc(S)c1. The van der Waals surface area contributed by atoms with Gasteiger partial charge >= 0.3 is 0 Å². The predicted molar refractivity (Wildman–Crippen MR) is 33.8 cm³/mol. The van der Waals surface area contributed by atoms with Crippen LogP contribution in [-0.2, 0) is 5.11 Å². The molecule has 0 atom stereocenters. The predicted octanol–water partition coefficient (Wildman–Crippen LogP) is 2.12. The molecule has 0 saturated carbocycles. The molecule has 0 spiro atoms. The Kier molecular flexibility index (Phi) is 1.44. The van der Waals surface area contributed by atoms with E-state index in [1.165, 1.54) is 12.1 Å². The topological polar surface area (TPSA) is 19.9 Å². The van der Waals surface area contributed by atoms with Crippen LogP contribution < -0.4 is 0 Å². The summed E-state index contributed by atoms with van der Waals surface area (Å²) >= 11 is 3.95. The van der Waals surface area contributed by atoms with Gasteiger partial charge in [0.15, 0.2) is 5.75 Å². The largest absolute Gasteiger partial charge is 0.290 e. The number of hydrogen-bond acceptors (Lipinski definition) is 1. The summed E-state index contributed by atoms with van der Waals surface area (Å²) in [5, 5.41) is 10.4. The number of hydrogen-bond donors (Lipinski definition) is 1. The molecule has 0 aliphatic carbocycles. The average molecular weight is 125 g/mol. The van der Waals surface area contributed by atoms with Crippen molar-refractivity contribution in [1.29, 1.82) is 0 Å². The van der Waals surface area contributed by atoms with Crippen LogP contribution in [0.1, 0.15) is 0 Å². The molecule has 0 bridgehead atoms. The lowest BCUT2D eigenvalue weighted by Gasteiger charge is -1.85. The minimum Gasteiger partial charge on any atom is -0.290 e. The van der Waals surface area contributed by atoms with E-state index in [1.807, 2.05) is 0 Å². The second-order valence-electron chi connectivity index (χ2n) is 1.50. The Morgan fingerprint density at radius 2 is 2.12 bits per heavy atom. The zero-order valence-electron chi connectivity index (χ0n) is 4.16. The normalized spacial score (nSPS) is 9.12. The van der Waals surface area contributed by atoms with E-state index >= 15 is 0 Å². The molecule has 0 unspecified atom stereocenters. The molecule has 0 aromatic heterocycles. The Morgan fingerprint density at radius 3 is 2.50 bits per heavy atom. The molecule has 0 saturated heterocycles. The highest BCUT2D eigenvalue weighted by Crippen LogP contribution is 2.13. The van der Waals surface area contributed by atoms with Crippen LogP contribution in [0.3, 0.4) is 0 Å². The van der Waals surface area contributed by atoms with Crippen molar-refractivity contribution in [3.05, 3.63) is 24.3 Å². The van der Waals surface area contributed by atoms with E-state index in [0.29, 0.717) is 0 Å². The van der Waals surface area contributed by atoms with Crippen LogP contribution in [0.2, 0.25) is 0 Å². The van der Waals surface area contributed by atoms with E-state index in [1.54, 1.807) is 12.1 Å². The molecule has 8 heavy (non-hydrogen) atoms. The average Bonchev–Trinajstić information content (AvgIpc) is 1.64. The maximum absolute atomic E-state index is 10.4. The van der Waals surface area contributed by atoms with Crippen LogP contribution in [-0.4, -0.2) is 0 Å². The summed E-state index contributed by atoms with van der Waals surface area (Å²) in [4.78, 5) is 0.720. The molecule has 1 aromatic rings. The third-order valence-corrected chi connectivity index (χ3v) is 1.10. The van der Waals surface area contributed by atoms with Gasteiger partial charge in [0, 0.05) is 4.90 Å². The van der Waals surface area contributed by atoms with E-state index in [4.69, 9.17) is 0 Å². The Balaban J connectivity index is 3.08. The van der Waals surface area contributed by atoms with Gasteiger partial charge in [-0.1, -0.05) is 6.07 Å². The molecule has 0 amide bonds. The maximum Gasteiger partial charge on any atom is 0.179 e. The minimum absolute atomic E-state index is 0.0116. The maximum atomic E-state index is 10.4. The third kappa shape index (κ3) is 1.17. The van der Waals surface area contributed by atoms with Crippen molar-refractivity contribution in [3.8, 4) is 5.75 Å². The van der Waals surface area contributed by atoms with Crippen LogP contribution in [0.15, 0.2) is 29.2 Å². The summed E-state index contributed by atoms with van der Waals surface area (Å²) in [5.74, 6) is 0.0116. The molecule has 1 nitrogen and oxygen atoms in total. The van der Waals surface area contributed by atoms with Gasteiger partial charge in [0.05, 0.1) is 0 Å². The van der Waals surface area contributed by atoms with Crippen molar-refractivity contribution < 1.29 is 5.11 Å². The number of benzene rings is 1.